The summed E-state index contributed by atoms with van der Waals surface area (Å²) >= 11 is 0. The zero-order chi connectivity index (χ0) is 7.78. The van der Waals surface area contributed by atoms with Crippen molar-refractivity contribution in [3.8, 4) is 0 Å². The zero-order valence-electron chi connectivity index (χ0n) is 7.18. The summed E-state index contributed by atoms with van der Waals surface area (Å²) in [7, 11) is 0. The van der Waals surface area contributed by atoms with Crippen LogP contribution in [0.2, 0.25) is 0 Å². The summed E-state index contributed by atoms with van der Waals surface area (Å²) < 4.78 is 0. The van der Waals surface area contributed by atoms with Crippen molar-refractivity contribution in [2.75, 3.05) is 0 Å². The number of piperidine rings is 1. The van der Waals surface area contributed by atoms with Crippen LogP contribution in [0.4, 0.5) is 0 Å². The van der Waals surface area contributed by atoms with Crippen LogP contribution in [0, 0.1) is 5.41 Å². The van der Waals surface area contributed by atoms with Crippen molar-refractivity contribution in [1.82, 2.24) is 0 Å². The quantitative estimate of drug-likeness (QED) is 0.313. The van der Waals surface area contributed by atoms with Gasteiger partial charge in [-0.1, -0.05) is 13.8 Å². The second-order valence-electron chi connectivity index (χ2n) is 3.42. The molecule has 0 radical (unpaired) electrons. The molecule has 0 spiro atoms. The molecular weight excluding hydrogens is 153 g/mol. The molecule has 1 fully saturated rings. The number of nitrogens with zero attached hydrogens (tertiary/aromatic N) is 1. The van der Waals surface area contributed by atoms with Crippen LogP contribution in [0.3, 0.4) is 0 Å². The minimum absolute atomic E-state index is 0. The molecule has 0 aromatic carbocycles. The Bertz CT molecular complexity index is 171. The number of hydrogen-bond donors (Lipinski definition) is 0. The Morgan fingerprint density at radius 1 is 1.18 bits per heavy atom. The molecule has 1 heterocycles. The second-order valence-corrected chi connectivity index (χ2v) is 3.42. The van der Waals surface area contributed by atoms with Gasteiger partial charge >= 0.3 is 29.6 Å². The van der Waals surface area contributed by atoms with E-state index in [1.807, 2.05) is 13.8 Å². The van der Waals surface area contributed by atoms with Crippen LogP contribution >= 0.6 is 0 Å². The molecule has 0 aliphatic carbocycles. The molecule has 3 nitrogen and oxygen atoms in total. The maximum Gasteiger partial charge on any atom is 1.00 e. The summed E-state index contributed by atoms with van der Waals surface area (Å²) in [4.78, 5) is 21.4. The average Bonchev–Trinajstić information content (AvgIpc) is 1.54. The van der Waals surface area contributed by atoms with E-state index in [2.05, 4.69) is 5.32 Å². The van der Waals surface area contributed by atoms with Crippen LogP contribution in [0.5, 0.6) is 0 Å². The van der Waals surface area contributed by atoms with Crippen LogP contribution in [0.25, 0.3) is 5.32 Å². The second kappa shape index (κ2) is 3.70. The van der Waals surface area contributed by atoms with Gasteiger partial charge in [-0.15, -0.1) is 0 Å². The molecule has 11 heavy (non-hydrogen) atoms. The monoisotopic (exact) mass is 163 g/mol. The number of carbonyl (C=O) groups is 2. The molecule has 0 aromatic rings. The topological polar surface area (TPSA) is 48.2 Å². The Morgan fingerprint density at radius 2 is 1.55 bits per heavy atom. The maximum absolute atomic E-state index is 10.7. The Morgan fingerprint density at radius 3 is 1.82 bits per heavy atom. The van der Waals surface area contributed by atoms with Crippen molar-refractivity contribution in [3.05, 3.63) is 5.32 Å². The fourth-order valence-electron chi connectivity index (χ4n) is 1.10. The Kier molecular flexibility index (Phi) is 3.74. The van der Waals surface area contributed by atoms with E-state index in [0.29, 0.717) is 12.8 Å². The van der Waals surface area contributed by atoms with Gasteiger partial charge in [0, 0.05) is 0 Å². The minimum atomic E-state index is -0.277. The number of carbonyl (C=O) groups excluding carboxylic acids is 2. The van der Waals surface area contributed by atoms with Gasteiger partial charge in [0.25, 0.3) is 0 Å². The first-order valence-electron chi connectivity index (χ1n) is 3.27. The number of imide groups is 1. The Hall–Kier alpha value is 0.140. The van der Waals surface area contributed by atoms with E-state index < -0.39 is 0 Å². The van der Waals surface area contributed by atoms with E-state index in [-0.39, 0.29) is 46.8 Å². The molecule has 1 rings (SSSR count). The summed E-state index contributed by atoms with van der Waals surface area (Å²) in [6, 6.07) is 0. The van der Waals surface area contributed by atoms with Gasteiger partial charge < -0.3 is 14.9 Å². The summed E-state index contributed by atoms with van der Waals surface area (Å²) in [6.07, 6.45) is 0.803. The molecule has 1 saturated heterocycles. The Balaban J connectivity index is 0.000001000. The van der Waals surface area contributed by atoms with Crippen molar-refractivity contribution < 1.29 is 39.1 Å². The number of amides is 2. The molecular formula is C7H10NNaO2. The minimum Gasteiger partial charge on any atom is -0.596 e. The third-order valence-corrected chi connectivity index (χ3v) is 1.51. The molecule has 0 unspecified atom stereocenters. The molecule has 2 amide bonds. The summed E-state index contributed by atoms with van der Waals surface area (Å²) in [5, 5.41) is 3.30. The third kappa shape index (κ3) is 3.36. The van der Waals surface area contributed by atoms with Crippen molar-refractivity contribution in [2.24, 2.45) is 5.41 Å². The number of hydrogen-bond acceptors (Lipinski definition) is 2. The zero-order valence-corrected chi connectivity index (χ0v) is 9.18. The van der Waals surface area contributed by atoms with Gasteiger partial charge in [0.05, 0.1) is 11.8 Å². The fourth-order valence-corrected chi connectivity index (χ4v) is 1.10. The average molecular weight is 163 g/mol. The van der Waals surface area contributed by atoms with E-state index in [1.54, 1.807) is 0 Å². The molecule has 4 heteroatoms. The molecule has 1 aliphatic rings. The molecule has 0 saturated carbocycles. The first-order chi connectivity index (χ1) is 4.49. The van der Waals surface area contributed by atoms with E-state index in [9.17, 15) is 9.59 Å². The first-order valence-corrected chi connectivity index (χ1v) is 3.27. The normalized spacial score (nSPS) is 22.0. The van der Waals surface area contributed by atoms with Gasteiger partial charge in [-0.05, 0) is 18.3 Å². The molecule has 0 aromatic heterocycles. The van der Waals surface area contributed by atoms with Crippen molar-refractivity contribution in [1.29, 1.82) is 0 Å². The predicted molar refractivity (Wildman–Crippen MR) is 36.4 cm³/mol. The molecule has 0 bridgehead atoms. The van der Waals surface area contributed by atoms with Crippen LogP contribution < -0.4 is 29.6 Å². The Labute approximate surface area is 88.2 Å². The SMILES string of the molecule is CC1(C)CC(=O)[N-]C(=O)C1.[Na+]. The molecule has 56 valence electrons. The van der Waals surface area contributed by atoms with Gasteiger partial charge in [-0.3, -0.25) is 0 Å². The third-order valence-electron chi connectivity index (χ3n) is 1.51. The first kappa shape index (κ1) is 11.1. The van der Waals surface area contributed by atoms with Gasteiger partial charge in [-0.2, -0.15) is 0 Å². The van der Waals surface area contributed by atoms with Crippen molar-refractivity contribution in [2.45, 2.75) is 26.7 Å². The van der Waals surface area contributed by atoms with Gasteiger partial charge in [-0.25, -0.2) is 0 Å². The van der Waals surface area contributed by atoms with Gasteiger partial charge in [0.15, 0.2) is 0 Å². The van der Waals surface area contributed by atoms with Crippen LogP contribution in [0.15, 0.2) is 0 Å². The van der Waals surface area contributed by atoms with E-state index >= 15 is 0 Å². The van der Waals surface area contributed by atoms with E-state index in [0.717, 1.165) is 0 Å². The summed E-state index contributed by atoms with van der Waals surface area (Å²) in [5.74, 6) is -0.553. The smallest absolute Gasteiger partial charge is 0.596 e. The molecule has 0 atom stereocenters. The standard InChI is InChI=1S/C7H11NO2.Na/c1-7(2)3-5(9)8-6(10)4-7;/h3-4H2,1-2H3,(H,8,9,10);/q;+1/p-1. The number of rotatable bonds is 0. The maximum atomic E-state index is 10.7. The predicted octanol–water partition coefficient (Wildman–Crippen LogP) is -1.76. The molecule has 1 aliphatic heterocycles. The van der Waals surface area contributed by atoms with Crippen LogP contribution in [-0.2, 0) is 9.59 Å². The molecule has 0 N–H and O–H groups in total. The summed E-state index contributed by atoms with van der Waals surface area (Å²) in [5.41, 5.74) is -0.171. The van der Waals surface area contributed by atoms with Crippen molar-refractivity contribution in [3.63, 3.8) is 0 Å². The van der Waals surface area contributed by atoms with E-state index in [1.165, 1.54) is 0 Å². The largest absolute Gasteiger partial charge is 1.00 e. The van der Waals surface area contributed by atoms with Crippen LogP contribution in [0.1, 0.15) is 26.7 Å². The van der Waals surface area contributed by atoms with Crippen LogP contribution in [-0.4, -0.2) is 11.8 Å². The summed E-state index contributed by atoms with van der Waals surface area (Å²) in [6.45, 7) is 3.80. The van der Waals surface area contributed by atoms with Crippen molar-refractivity contribution >= 4 is 11.8 Å². The fraction of sp³-hybridized carbons (Fsp3) is 0.714. The van der Waals surface area contributed by atoms with Gasteiger partial charge in [0.2, 0.25) is 0 Å². The van der Waals surface area contributed by atoms with Gasteiger partial charge in [0.1, 0.15) is 0 Å². The van der Waals surface area contributed by atoms with E-state index in [4.69, 9.17) is 0 Å².